The summed E-state index contributed by atoms with van der Waals surface area (Å²) in [6, 6.07) is 7.00. The largest absolute Gasteiger partial charge is 0.496 e. The molecule has 0 aliphatic carbocycles. The van der Waals surface area contributed by atoms with Crippen molar-refractivity contribution in [2.75, 3.05) is 20.3 Å². The van der Waals surface area contributed by atoms with E-state index >= 15 is 0 Å². The third kappa shape index (κ3) is 4.05. The number of nitrogens with two attached hydrogens (primary N) is 1. The van der Waals surface area contributed by atoms with Crippen molar-refractivity contribution in [3.63, 3.8) is 0 Å². The van der Waals surface area contributed by atoms with Crippen LogP contribution in [-0.4, -0.2) is 30.0 Å². The van der Waals surface area contributed by atoms with E-state index in [4.69, 9.17) is 15.2 Å². The predicted molar refractivity (Wildman–Crippen MR) is 82.8 cm³/mol. The second-order valence-corrected chi connectivity index (χ2v) is 5.20. The number of benzene rings is 1. The molecule has 1 aromatic heterocycles. The lowest BCUT2D eigenvalue weighted by Gasteiger charge is -2.11. The Hall–Kier alpha value is -1.86. The van der Waals surface area contributed by atoms with Crippen LogP contribution < -0.4 is 20.8 Å². The SMILES string of the molecule is COc1ccc(Br)cc1Cn1ncc(OCCN)cc1=O. The van der Waals surface area contributed by atoms with Crippen LogP contribution in [0.2, 0.25) is 0 Å². The van der Waals surface area contributed by atoms with Gasteiger partial charge in [0.25, 0.3) is 5.56 Å². The van der Waals surface area contributed by atoms with Gasteiger partial charge in [-0.05, 0) is 18.2 Å². The second kappa shape index (κ2) is 7.24. The fourth-order valence-corrected chi connectivity index (χ4v) is 2.23. The normalized spacial score (nSPS) is 10.4. The average Bonchev–Trinajstić information content (AvgIpc) is 2.48. The molecule has 0 saturated heterocycles. The van der Waals surface area contributed by atoms with E-state index in [0.29, 0.717) is 31.2 Å². The van der Waals surface area contributed by atoms with E-state index in [1.54, 1.807) is 7.11 Å². The van der Waals surface area contributed by atoms with Crippen molar-refractivity contribution in [3.8, 4) is 11.5 Å². The van der Waals surface area contributed by atoms with E-state index in [2.05, 4.69) is 21.0 Å². The zero-order valence-corrected chi connectivity index (χ0v) is 13.2. The molecule has 0 saturated carbocycles. The first kappa shape index (κ1) is 15.5. The molecule has 0 fully saturated rings. The molecule has 0 unspecified atom stereocenters. The minimum atomic E-state index is -0.244. The quantitative estimate of drug-likeness (QED) is 0.848. The number of nitrogens with zero attached hydrogens (tertiary/aromatic N) is 2. The number of aromatic nitrogens is 2. The van der Waals surface area contributed by atoms with Crippen molar-refractivity contribution < 1.29 is 9.47 Å². The highest BCUT2D eigenvalue weighted by atomic mass is 79.9. The molecule has 21 heavy (non-hydrogen) atoms. The number of rotatable bonds is 6. The van der Waals surface area contributed by atoms with Crippen molar-refractivity contribution in [1.82, 2.24) is 9.78 Å². The number of halogens is 1. The van der Waals surface area contributed by atoms with Crippen LogP contribution in [0, 0.1) is 0 Å². The molecular weight excluding hydrogens is 338 g/mol. The molecule has 0 radical (unpaired) electrons. The van der Waals surface area contributed by atoms with E-state index in [1.807, 2.05) is 18.2 Å². The summed E-state index contributed by atoms with van der Waals surface area (Å²) in [4.78, 5) is 12.0. The topological polar surface area (TPSA) is 79.4 Å². The van der Waals surface area contributed by atoms with Gasteiger partial charge in [0.15, 0.2) is 0 Å². The molecule has 112 valence electrons. The van der Waals surface area contributed by atoms with Crippen LogP contribution in [-0.2, 0) is 6.54 Å². The van der Waals surface area contributed by atoms with Gasteiger partial charge in [0.1, 0.15) is 18.1 Å². The van der Waals surface area contributed by atoms with E-state index in [9.17, 15) is 4.79 Å². The molecule has 0 aliphatic heterocycles. The number of methoxy groups -OCH3 is 1. The van der Waals surface area contributed by atoms with Gasteiger partial charge in [-0.3, -0.25) is 4.79 Å². The van der Waals surface area contributed by atoms with E-state index < -0.39 is 0 Å². The Morgan fingerprint density at radius 1 is 1.38 bits per heavy atom. The molecule has 6 nitrogen and oxygen atoms in total. The fourth-order valence-electron chi connectivity index (χ4n) is 1.82. The van der Waals surface area contributed by atoms with Gasteiger partial charge in [-0.1, -0.05) is 15.9 Å². The smallest absolute Gasteiger partial charge is 0.270 e. The van der Waals surface area contributed by atoms with Gasteiger partial charge in [0.05, 0.1) is 19.9 Å². The maximum absolute atomic E-state index is 12.0. The summed E-state index contributed by atoms with van der Waals surface area (Å²) in [5, 5.41) is 4.10. The number of hydrogen-bond donors (Lipinski definition) is 1. The maximum atomic E-state index is 12.0. The fraction of sp³-hybridized carbons (Fsp3) is 0.286. The Bertz CT molecular complexity index is 673. The highest BCUT2D eigenvalue weighted by Crippen LogP contribution is 2.23. The highest BCUT2D eigenvalue weighted by molar-refractivity contribution is 9.10. The molecule has 2 aromatic rings. The Morgan fingerprint density at radius 2 is 2.19 bits per heavy atom. The van der Waals surface area contributed by atoms with Crippen LogP contribution in [0.15, 0.2) is 39.7 Å². The summed E-state index contributed by atoms with van der Waals surface area (Å²) in [7, 11) is 1.59. The first-order chi connectivity index (χ1) is 10.1. The molecule has 2 rings (SSSR count). The second-order valence-electron chi connectivity index (χ2n) is 4.28. The zero-order chi connectivity index (χ0) is 15.2. The summed E-state index contributed by atoms with van der Waals surface area (Å²) >= 11 is 3.40. The standard InChI is InChI=1S/C14H16BrN3O3/c1-20-13-3-2-11(15)6-10(13)9-18-14(19)7-12(8-17-18)21-5-4-16/h2-3,6-8H,4-5,9,16H2,1H3. The third-order valence-electron chi connectivity index (χ3n) is 2.79. The van der Waals surface area contributed by atoms with Crippen molar-refractivity contribution in [2.45, 2.75) is 6.54 Å². The van der Waals surface area contributed by atoms with E-state index in [0.717, 1.165) is 10.0 Å². The van der Waals surface area contributed by atoms with Crippen LogP contribution >= 0.6 is 15.9 Å². The summed E-state index contributed by atoms with van der Waals surface area (Å²) < 4.78 is 12.8. The molecule has 0 amide bonds. The van der Waals surface area contributed by atoms with Gasteiger partial charge in [0.2, 0.25) is 0 Å². The van der Waals surface area contributed by atoms with E-state index in [1.165, 1.54) is 16.9 Å². The Morgan fingerprint density at radius 3 is 2.86 bits per heavy atom. The Kier molecular flexibility index (Phi) is 5.35. The highest BCUT2D eigenvalue weighted by Gasteiger charge is 2.07. The molecule has 0 bridgehead atoms. The zero-order valence-electron chi connectivity index (χ0n) is 11.6. The van der Waals surface area contributed by atoms with Crippen molar-refractivity contribution in [2.24, 2.45) is 5.73 Å². The van der Waals surface area contributed by atoms with E-state index in [-0.39, 0.29) is 5.56 Å². The first-order valence-corrected chi connectivity index (χ1v) is 7.16. The Labute approximate surface area is 130 Å². The molecule has 1 aromatic carbocycles. The number of ether oxygens (including phenoxy) is 2. The first-order valence-electron chi connectivity index (χ1n) is 6.36. The minimum absolute atomic E-state index is 0.244. The molecule has 1 heterocycles. The van der Waals surface area contributed by atoms with Crippen LogP contribution in [0.5, 0.6) is 11.5 Å². The van der Waals surface area contributed by atoms with Gasteiger partial charge in [-0.15, -0.1) is 0 Å². The monoisotopic (exact) mass is 353 g/mol. The van der Waals surface area contributed by atoms with Crippen molar-refractivity contribution in [3.05, 3.63) is 50.9 Å². The lowest BCUT2D eigenvalue weighted by atomic mass is 10.2. The van der Waals surface area contributed by atoms with Gasteiger partial charge < -0.3 is 15.2 Å². The summed E-state index contributed by atoms with van der Waals surface area (Å²) in [5.74, 6) is 1.12. The van der Waals surface area contributed by atoms with Crippen LogP contribution in [0.25, 0.3) is 0 Å². The van der Waals surface area contributed by atoms with Crippen molar-refractivity contribution >= 4 is 15.9 Å². The number of hydrogen-bond acceptors (Lipinski definition) is 5. The molecular formula is C14H16BrN3O3. The van der Waals surface area contributed by atoms with Gasteiger partial charge in [-0.2, -0.15) is 5.10 Å². The summed E-state index contributed by atoms with van der Waals surface area (Å²) in [6.07, 6.45) is 1.50. The molecule has 0 atom stereocenters. The molecule has 7 heteroatoms. The third-order valence-corrected chi connectivity index (χ3v) is 3.29. The lowest BCUT2D eigenvalue weighted by molar-refractivity contribution is 0.324. The summed E-state index contributed by atoms with van der Waals surface area (Å²) in [5.41, 5.74) is 5.96. The van der Waals surface area contributed by atoms with Gasteiger partial charge >= 0.3 is 0 Å². The van der Waals surface area contributed by atoms with Gasteiger partial charge in [0, 0.05) is 22.6 Å². The lowest BCUT2D eigenvalue weighted by Crippen LogP contribution is -2.23. The Balaban J connectivity index is 2.24. The van der Waals surface area contributed by atoms with Crippen LogP contribution in [0.4, 0.5) is 0 Å². The van der Waals surface area contributed by atoms with Gasteiger partial charge in [-0.25, -0.2) is 4.68 Å². The minimum Gasteiger partial charge on any atom is -0.496 e. The van der Waals surface area contributed by atoms with Crippen LogP contribution in [0.3, 0.4) is 0 Å². The molecule has 0 aliphatic rings. The molecule has 0 spiro atoms. The van der Waals surface area contributed by atoms with Crippen LogP contribution in [0.1, 0.15) is 5.56 Å². The maximum Gasteiger partial charge on any atom is 0.270 e. The van der Waals surface area contributed by atoms with Crippen molar-refractivity contribution in [1.29, 1.82) is 0 Å². The summed E-state index contributed by atoms with van der Waals surface area (Å²) in [6.45, 7) is 1.06. The average molecular weight is 354 g/mol. The molecule has 2 N–H and O–H groups in total. The predicted octanol–water partition coefficient (Wildman–Crippen LogP) is 1.40.